The Bertz CT molecular complexity index is 399. The number of carbonyl (C=O) groups excluding carboxylic acids is 1. The lowest BCUT2D eigenvalue weighted by Crippen LogP contribution is -2.30. The van der Waals surface area contributed by atoms with Crippen molar-refractivity contribution in [3.63, 3.8) is 0 Å². The fourth-order valence-corrected chi connectivity index (χ4v) is 1.79. The van der Waals surface area contributed by atoms with Gasteiger partial charge in [-0.3, -0.25) is 4.79 Å². The summed E-state index contributed by atoms with van der Waals surface area (Å²) in [4.78, 5) is 11.6. The molecule has 1 rings (SSSR count). The normalized spacial score (nSPS) is 12.2. The van der Waals surface area contributed by atoms with Crippen LogP contribution in [0.1, 0.15) is 32.8 Å². The maximum atomic E-state index is 11.6. The number of nitrogens with two attached hydrogens (primary N) is 1. The Morgan fingerprint density at radius 2 is 1.90 bits per heavy atom. The van der Waals surface area contributed by atoms with Crippen molar-refractivity contribution in [3.8, 4) is 5.75 Å². The molecule has 0 radical (unpaired) electrons. The predicted octanol–water partition coefficient (Wildman–Crippen LogP) is 2.12. The van der Waals surface area contributed by atoms with Gasteiger partial charge in [-0.15, -0.1) is 0 Å². The van der Waals surface area contributed by atoms with Crippen LogP contribution in [-0.4, -0.2) is 25.1 Å². The molecule has 20 heavy (non-hydrogen) atoms. The summed E-state index contributed by atoms with van der Waals surface area (Å²) in [5.41, 5.74) is 6.92. The van der Waals surface area contributed by atoms with E-state index in [1.807, 2.05) is 31.2 Å². The number of nitrogens with one attached hydrogen (secondary N) is 1. The molecule has 0 bridgehead atoms. The van der Waals surface area contributed by atoms with Gasteiger partial charge in [-0.05, 0) is 43.4 Å². The first-order chi connectivity index (χ1) is 9.47. The molecule has 3 N–H and O–H groups in total. The number of ether oxygens (including phenoxy) is 1. The lowest BCUT2D eigenvalue weighted by atomic mass is 10.1. The van der Waals surface area contributed by atoms with Gasteiger partial charge in [0.2, 0.25) is 0 Å². The topological polar surface area (TPSA) is 64.3 Å². The molecule has 1 atom stereocenters. The molecule has 0 aromatic heterocycles. The number of hydrogen-bond donors (Lipinski definition) is 2. The van der Waals surface area contributed by atoms with Crippen LogP contribution >= 0.6 is 0 Å². The molecule has 112 valence electrons. The Balaban J connectivity index is 2.29. The Labute approximate surface area is 121 Å². The molecular formula is C16H26N2O2. The second-order valence-corrected chi connectivity index (χ2v) is 5.65. The fraction of sp³-hybridized carbons (Fsp3) is 0.562. The van der Waals surface area contributed by atoms with E-state index in [9.17, 15) is 4.79 Å². The maximum Gasteiger partial charge on any atom is 0.257 e. The zero-order valence-electron chi connectivity index (χ0n) is 12.7. The summed E-state index contributed by atoms with van der Waals surface area (Å²) in [7, 11) is 0. The molecule has 1 unspecified atom stereocenters. The number of carbonyl (C=O) groups is 1. The van der Waals surface area contributed by atoms with Crippen LogP contribution in [0.25, 0.3) is 0 Å². The van der Waals surface area contributed by atoms with Gasteiger partial charge in [0.1, 0.15) is 5.75 Å². The van der Waals surface area contributed by atoms with Crippen LogP contribution in [0.2, 0.25) is 0 Å². The molecule has 0 saturated heterocycles. The molecule has 0 aliphatic carbocycles. The van der Waals surface area contributed by atoms with E-state index in [-0.39, 0.29) is 18.6 Å². The van der Waals surface area contributed by atoms with Gasteiger partial charge in [0.05, 0.1) is 0 Å². The van der Waals surface area contributed by atoms with Crippen LogP contribution in [0, 0.1) is 5.92 Å². The first kappa shape index (κ1) is 16.5. The van der Waals surface area contributed by atoms with Crippen molar-refractivity contribution in [3.05, 3.63) is 29.8 Å². The third-order valence-corrected chi connectivity index (χ3v) is 2.89. The molecule has 0 aliphatic heterocycles. The lowest BCUT2D eigenvalue weighted by molar-refractivity contribution is -0.123. The highest BCUT2D eigenvalue weighted by atomic mass is 16.5. The number of rotatable bonds is 8. The molecule has 1 aromatic rings. The zero-order valence-corrected chi connectivity index (χ0v) is 12.7. The lowest BCUT2D eigenvalue weighted by Gasteiger charge is -2.10. The monoisotopic (exact) mass is 278 g/mol. The van der Waals surface area contributed by atoms with E-state index in [1.165, 1.54) is 5.56 Å². The third kappa shape index (κ3) is 7.14. The van der Waals surface area contributed by atoms with E-state index in [1.54, 1.807) is 0 Å². The molecule has 0 fully saturated rings. The van der Waals surface area contributed by atoms with Crippen molar-refractivity contribution in [2.24, 2.45) is 11.7 Å². The Morgan fingerprint density at radius 1 is 1.25 bits per heavy atom. The summed E-state index contributed by atoms with van der Waals surface area (Å²) in [6.45, 7) is 7.00. The quantitative estimate of drug-likeness (QED) is 0.765. The summed E-state index contributed by atoms with van der Waals surface area (Å²) >= 11 is 0. The van der Waals surface area contributed by atoms with Gasteiger partial charge in [-0.1, -0.05) is 26.0 Å². The molecule has 0 saturated carbocycles. The Morgan fingerprint density at radius 3 is 2.45 bits per heavy atom. The minimum Gasteiger partial charge on any atom is -0.484 e. The molecule has 1 amide bonds. The summed E-state index contributed by atoms with van der Waals surface area (Å²) < 4.78 is 5.44. The van der Waals surface area contributed by atoms with Crippen LogP contribution in [0.4, 0.5) is 0 Å². The molecule has 1 aromatic carbocycles. The summed E-state index contributed by atoms with van der Waals surface area (Å²) in [6, 6.07) is 7.86. The minimum atomic E-state index is -0.0784. The molecule has 0 heterocycles. The maximum absolute atomic E-state index is 11.6. The average Bonchev–Trinajstić information content (AvgIpc) is 2.37. The molecule has 0 spiro atoms. The predicted molar refractivity (Wildman–Crippen MR) is 81.8 cm³/mol. The van der Waals surface area contributed by atoms with E-state index < -0.39 is 0 Å². The van der Waals surface area contributed by atoms with Crippen LogP contribution in [0.15, 0.2) is 24.3 Å². The van der Waals surface area contributed by atoms with Crippen LogP contribution in [0.3, 0.4) is 0 Å². The van der Waals surface area contributed by atoms with Gasteiger partial charge in [0, 0.05) is 12.6 Å². The standard InChI is InChI=1S/C16H26N2O2/c1-12(2)8-9-18-16(19)11-20-15-6-4-14(5-7-15)10-13(3)17/h4-7,12-13H,8-11,17H2,1-3H3,(H,18,19). The van der Waals surface area contributed by atoms with Gasteiger partial charge < -0.3 is 15.8 Å². The van der Waals surface area contributed by atoms with E-state index >= 15 is 0 Å². The zero-order chi connectivity index (χ0) is 15.0. The van der Waals surface area contributed by atoms with Crippen molar-refractivity contribution in [1.82, 2.24) is 5.32 Å². The van der Waals surface area contributed by atoms with Crippen molar-refractivity contribution in [1.29, 1.82) is 0 Å². The van der Waals surface area contributed by atoms with Gasteiger partial charge >= 0.3 is 0 Å². The Hall–Kier alpha value is -1.55. The number of benzene rings is 1. The summed E-state index contributed by atoms with van der Waals surface area (Å²) in [6.07, 6.45) is 1.83. The highest BCUT2D eigenvalue weighted by Crippen LogP contribution is 2.13. The second-order valence-electron chi connectivity index (χ2n) is 5.65. The first-order valence-electron chi connectivity index (χ1n) is 7.21. The van der Waals surface area contributed by atoms with Gasteiger partial charge in [0.15, 0.2) is 6.61 Å². The smallest absolute Gasteiger partial charge is 0.257 e. The van der Waals surface area contributed by atoms with Crippen molar-refractivity contribution in [2.45, 2.75) is 39.7 Å². The summed E-state index contributed by atoms with van der Waals surface area (Å²) in [5.74, 6) is 1.22. The number of amides is 1. The van der Waals surface area contributed by atoms with Crippen molar-refractivity contribution < 1.29 is 9.53 Å². The van der Waals surface area contributed by atoms with E-state index in [2.05, 4.69) is 19.2 Å². The minimum absolute atomic E-state index is 0.0603. The van der Waals surface area contributed by atoms with Crippen LogP contribution < -0.4 is 15.8 Å². The average molecular weight is 278 g/mol. The third-order valence-electron chi connectivity index (χ3n) is 2.89. The van der Waals surface area contributed by atoms with Gasteiger partial charge in [-0.25, -0.2) is 0 Å². The van der Waals surface area contributed by atoms with Crippen LogP contribution in [0.5, 0.6) is 5.75 Å². The fourth-order valence-electron chi connectivity index (χ4n) is 1.79. The molecule has 4 heteroatoms. The van der Waals surface area contributed by atoms with E-state index in [0.29, 0.717) is 18.2 Å². The summed E-state index contributed by atoms with van der Waals surface area (Å²) in [5, 5.41) is 2.84. The van der Waals surface area contributed by atoms with Crippen LogP contribution in [-0.2, 0) is 11.2 Å². The van der Waals surface area contributed by atoms with Crippen molar-refractivity contribution >= 4 is 5.91 Å². The Kier molecular flexibility index (Phi) is 7.09. The van der Waals surface area contributed by atoms with Crippen molar-refractivity contribution in [2.75, 3.05) is 13.2 Å². The second kappa shape index (κ2) is 8.59. The first-order valence-corrected chi connectivity index (χ1v) is 7.21. The van der Waals surface area contributed by atoms with Gasteiger partial charge in [0.25, 0.3) is 5.91 Å². The molecule has 4 nitrogen and oxygen atoms in total. The highest BCUT2D eigenvalue weighted by Gasteiger charge is 2.03. The van der Waals surface area contributed by atoms with E-state index in [4.69, 9.17) is 10.5 Å². The van der Waals surface area contributed by atoms with Gasteiger partial charge in [-0.2, -0.15) is 0 Å². The SMILES string of the molecule is CC(C)CCNC(=O)COc1ccc(CC(C)N)cc1. The molecule has 0 aliphatic rings. The highest BCUT2D eigenvalue weighted by molar-refractivity contribution is 5.77. The number of hydrogen-bond acceptors (Lipinski definition) is 3. The molecular weight excluding hydrogens is 252 g/mol. The van der Waals surface area contributed by atoms with E-state index in [0.717, 1.165) is 12.8 Å². The largest absolute Gasteiger partial charge is 0.484 e.